The topological polar surface area (TPSA) is 44.9 Å². The normalized spacial score (nSPS) is 24.4. The maximum atomic E-state index is 5.83. The molecule has 4 heteroatoms. The molecule has 0 bridgehead atoms. The molecule has 1 fully saturated rings. The van der Waals surface area contributed by atoms with Gasteiger partial charge in [0.25, 0.3) is 0 Å². The molecule has 2 N–H and O–H groups in total. The van der Waals surface area contributed by atoms with E-state index in [0.717, 1.165) is 38.6 Å². The van der Waals surface area contributed by atoms with Crippen molar-refractivity contribution in [2.75, 3.05) is 39.8 Å². The molecule has 120 valence electrons. The first-order valence-corrected chi connectivity index (χ1v) is 8.03. The highest BCUT2D eigenvalue weighted by molar-refractivity contribution is 5.93. The van der Waals surface area contributed by atoms with Gasteiger partial charge in [0, 0.05) is 51.5 Å². The molecule has 1 saturated heterocycles. The lowest BCUT2D eigenvalue weighted by Gasteiger charge is -2.36. The van der Waals surface area contributed by atoms with E-state index >= 15 is 0 Å². The van der Waals surface area contributed by atoms with Gasteiger partial charge in [-0.15, -0.1) is 0 Å². The van der Waals surface area contributed by atoms with E-state index in [-0.39, 0.29) is 0 Å². The van der Waals surface area contributed by atoms with E-state index in [1.54, 1.807) is 6.08 Å². The van der Waals surface area contributed by atoms with Crippen molar-refractivity contribution in [3.8, 4) is 0 Å². The van der Waals surface area contributed by atoms with E-state index in [1.807, 2.05) is 13.1 Å². The Kier molecular flexibility index (Phi) is 6.01. The van der Waals surface area contributed by atoms with Gasteiger partial charge in [-0.1, -0.05) is 31.7 Å². The average Bonchev–Trinajstić information content (AvgIpc) is 2.55. The Balaban J connectivity index is 1.85. The molecule has 0 aromatic heterocycles. The molecule has 0 spiro atoms. The molecule has 0 aromatic rings. The van der Waals surface area contributed by atoms with Crippen LogP contribution in [0.15, 0.2) is 53.2 Å². The standard InChI is InChI=1S/C18H28N4/c1-4-17(19)13-18(20-3)22-11-9-21(10-12-22)14-16-7-5-15(2)6-8-16/h4-5,7-8,13,15H,1,6,9-12,14,19H2,2-3H3/b17-13+,20-18?. The van der Waals surface area contributed by atoms with Crippen molar-refractivity contribution in [2.24, 2.45) is 16.6 Å². The predicted octanol–water partition coefficient (Wildman–Crippen LogP) is 2.18. The van der Waals surface area contributed by atoms with Gasteiger partial charge in [0.15, 0.2) is 0 Å². The van der Waals surface area contributed by atoms with E-state index in [1.165, 1.54) is 12.0 Å². The summed E-state index contributed by atoms with van der Waals surface area (Å²) < 4.78 is 0. The van der Waals surface area contributed by atoms with Gasteiger partial charge >= 0.3 is 0 Å². The molecule has 1 aliphatic carbocycles. The minimum absolute atomic E-state index is 0.662. The van der Waals surface area contributed by atoms with Crippen LogP contribution in [0.2, 0.25) is 0 Å². The van der Waals surface area contributed by atoms with Crippen molar-refractivity contribution in [3.63, 3.8) is 0 Å². The first-order chi connectivity index (χ1) is 10.6. The molecule has 0 radical (unpaired) electrons. The van der Waals surface area contributed by atoms with Crippen LogP contribution < -0.4 is 5.73 Å². The highest BCUT2D eigenvalue weighted by Gasteiger charge is 2.19. The van der Waals surface area contributed by atoms with Crippen LogP contribution in [0.4, 0.5) is 0 Å². The number of nitrogens with zero attached hydrogens (tertiary/aromatic N) is 3. The smallest absolute Gasteiger partial charge is 0.125 e. The van der Waals surface area contributed by atoms with Crippen molar-refractivity contribution in [3.05, 3.63) is 48.2 Å². The van der Waals surface area contributed by atoms with Gasteiger partial charge in [0.1, 0.15) is 5.84 Å². The molecule has 1 unspecified atom stereocenters. The summed E-state index contributed by atoms with van der Waals surface area (Å²) in [5.74, 6) is 1.63. The third kappa shape index (κ3) is 4.60. The van der Waals surface area contributed by atoms with Crippen LogP contribution in [0.25, 0.3) is 0 Å². The number of nitrogens with two attached hydrogens (primary N) is 1. The number of amidine groups is 1. The summed E-state index contributed by atoms with van der Waals surface area (Å²) in [6.07, 6.45) is 11.7. The van der Waals surface area contributed by atoms with Gasteiger partial charge < -0.3 is 10.6 Å². The Morgan fingerprint density at radius 2 is 2.14 bits per heavy atom. The highest BCUT2D eigenvalue weighted by Crippen LogP contribution is 2.17. The zero-order valence-corrected chi connectivity index (χ0v) is 13.8. The average molecular weight is 300 g/mol. The minimum atomic E-state index is 0.662. The largest absolute Gasteiger partial charge is 0.399 e. The summed E-state index contributed by atoms with van der Waals surface area (Å²) in [5, 5.41) is 0. The van der Waals surface area contributed by atoms with E-state index in [9.17, 15) is 0 Å². The maximum Gasteiger partial charge on any atom is 0.125 e. The third-order valence-corrected chi connectivity index (χ3v) is 4.25. The van der Waals surface area contributed by atoms with Crippen LogP contribution in [0.1, 0.15) is 13.3 Å². The number of hydrogen-bond acceptors (Lipinski definition) is 3. The Hall–Kier alpha value is -1.81. The van der Waals surface area contributed by atoms with Crippen LogP contribution in [0.3, 0.4) is 0 Å². The van der Waals surface area contributed by atoms with Crippen molar-refractivity contribution in [1.29, 1.82) is 0 Å². The fraction of sp³-hybridized carbons (Fsp3) is 0.500. The van der Waals surface area contributed by atoms with E-state index in [2.05, 4.69) is 46.5 Å². The van der Waals surface area contributed by atoms with Gasteiger partial charge in [-0.25, -0.2) is 0 Å². The second-order valence-corrected chi connectivity index (χ2v) is 6.04. The molecule has 2 rings (SSSR count). The SMILES string of the molecule is C=C/C(N)=C\C(=NC)N1CCN(CC2=CCC(C)C=C2)CC1. The van der Waals surface area contributed by atoms with Gasteiger partial charge in [-0.2, -0.15) is 0 Å². The molecule has 2 aliphatic rings. The molecule has 0 saturated carbocycles. The van der Waals surface area contributed by atoms with Crippen LogP contribution in [-0.2, 0) is 0 Å². The van der Waals surface area contributed by atoms with E-state index < -0.39 is 0 Å². The summed E-state index contributed by atoms with van der Waals surface area (Å²) in [4.78, 5) is 9.15. The van der Waals surface area contributed by atoms with Crippen molar-refractivity contribution in [2.45, 2.75) is 13.3 Å². The summed E-state index contributed by atoms with van der Waals surface area (Å²) in [6.45, 7) is 11.1. The Morgan fingerprint density at radius 1 is 1.41 bits per heavy atom. The second-order valence-electron chi connectivity index (χ2n) is 6.04. The summed E-state index contributed by atoms with van der Waals surface area (Å²) in [6, 6.07) is 0. The van der Waals surface area contributed by atoms with Crippen molar-refractivity contribution >= 4 is 5.84 Å². The van der Waals surface area contributed by atoms with Gasteiger partial charge in [-0.3, -0.25) is 9.89 Å². The van der Waals surface area contributed by atoms with Crippen LogP contribution in [0, 0.1) is 5.92 Å². The van der Waals surface area contributed by atoms with E-state index in [0.29, 0.717) is 11.6 Å². The zero-order valence-electron chi connectivity index (χ0n) is 13.8. The van der Waals surface area contributed by atoms with Gasteiger partial charge in [-0.05, 0) is 24.0 Å². The molecular weight excluding hydrogens is 272 g/mol. The first kappa shape index (κ1) is 16.6. The lowest BCUT2D eigenvalue weighted by Crippen LogP contribution is -2.48. The molecule has 1 heterocycles. The quantitative estimate of drug-likeness (QED) is 0.492. The lowest BCUT2D eigenvalue weighted by molar-refractivity contribution is 0.195. The van der Waals surface area contributed by atoms with Crippen LogP contribution in [0.5, 0.6) is 0 Å². The Labute approximate surface area is 134 Å². The molecule has 0 aromatic carbocycles. The highest BCUT2D eigenvalue weighted by atomic mass is 15.3. The third-order valence-electron chi connectivity index (χ3n) is 4.25. The molecular formula is C18H28N4. The molecule has 4 nitrogen and oxygen atoms in total. The zero-order chi connectivity index (χ0) is 15.9. The molecule has 0 amide bonds. The number of rotatable bonds is 4. The fourth-order valence-corrected chi connectivity index (χ4v) is 2.79. The number of piperazine rings is 1. The molecule has 22 heavy (non-hydrogen) atoms. The predicted molar refractivity (Wildman–Crippen MR) is 94.8 cm³/mol. The maximum absolute atomic E-state index is 5.83. The Bertz CT molecular complexity index is 505. The second kappa shape index (κ2) is 7.99. The minimum Gasteiger partial charge on any atom is -0.399 e. The monoisotopic (exact) mass is 300 g/mol. The Morgan fingerprint density at radius 3 is 2.68 bits per heavy atom. The molecule has 1 atom stereocenters. The fourth-order valence-electron chi connectivity index (χ4n) is 2.79. The lowest BCUT2D eigenvalue weighted by atomic mass is 9.98. The first-order valence-electron chi connectivity index (χ1n) is 8.03. The van der Waals surface area contributed by atoms with Gasteiger partial charge in [0.2, 0.25) is 0 Å². The van der Waals surface area contributed by atoms with Gasteiger partial charge in [0.05, 0.1) is 0 Å². The van der Waals surface area contributed by atoms with E-state index in [4.69, 9.17) is 5.73 Å². The number of hydrogen-bond donors (Lipinski definition) is 1. The summed E-state index contributed by atoms with van der Waals surface area (Å²) >= 11 is 0. The van der Waals surface area contributed by atoms with Crippen LogP contribution >= 0.6 is 0 Å². The number of allylic oxidation sites excluding steroid dienone is 3. The van der Waals surface area contributed by atoms with Crippen molar-refractivity contribution in [1.82, 2.24) is 9.80 Å². The van der Waals surface area contributed by atoms with Crippen LogP contribution in [-0.4, -0.2) is 55.4 Å². The summed E-state index contributed by atoms with van der Waals surface area (Å²) in [7, 11) is 1.81. The summed E-state index contributed by atoms with van der Waals surface area (Å²) in [5.41, 5.74) is 7.94. The number of aliphatic imine (C=N–C) groups is 1. The molecule has 1 aliphatic heterocycles. The van der Waals surface area contributed by atoms with Crippen molar-refractivity contribution < 1.29 is 0 Å².